The standard InChI is InChI=1S/C31H31F3O/c1-3-5-6-19-35-29-18-17-27(30(33)31(29)34)24-13-11-23(12-14-24)26-16-15-25(20-28(26)32)22-9-7-21(4-2)8-10-22/h4-6,11-18,20-22H,2-3,7-10,19H2,1H3/b6-5+. The molecule has 35 heavy (non-hydrogen) atoms. The molecule has 0 aliphatic heterocycles. The highest BCUT2D eigenvalue weighted by atomic mass is 19.2. The van der Waals surface area contributed by atoms with Crippen LogP contribution in [-0.4, -0.2) is 6.61 Å². The van der Waals surface area contributed by atoms with Crippen molar-refractivity contribution in [2.45, 2.75) is 44.9 Å². The molecule has 1 aliphatic rings. The molecule has 0 saturated heterocycles. The van der Waals surface area contributed by atoms with E-state index in [1.165, 1.54) is 12.1 Å². The van der Waals surface area contributed by atoms with Crippen molar-refractivity contribution in [1.82, 2.24) is 0 Å². The molecule has 182 valence electrons. The molecule has 1 nitrogen and oxygen atoms in total. The number of benzene rings is 3. The van der Waals surface area contributed by atoms with E-state index in [0.29, 0.717) is 28.5 Å². The predicted octanol–water partition coefficient (Wildman–Crippen LogP) is 9.24. The Bertz CT molecular complexity index is 1190. The van der Waals surface area contributed by atoms with Crippen LogP contribution in [0.15, 0.2) is 79.4 Å². The van der Waals surface area contributed by atoms with Crippen molar-refractivity contribution in [2.75, 3.05) is 6.61 Å². The maximum absolute atomic E-state index is 15.0. The number of hydrogen-bond acceptors (Lipinski definition) is 1. The zero-order valence-electron chi connectivity index (χ0n) is 20.1. The van der Waals surface area contributed by atoms with Crippen LogP contribution in [0.4, 0.5) is 13.2 Å². The molecule has 3 aromatic carbocycles. The summed E-state index contributed by atoms with van der Waals surface area (Å²) < 4.78 is 49.6. The monoisotopic (exact) mass is 476 g/mol. The van der Waals surface area contributed by atoms with Gasteiger partial charge in [0.1, 0.15) is 12.4 Å². The molecule has 0 atom stereocenters. The Labute approximate surface area is 206 Å². The summed E-state index contributed by atoms with van der Waals surface area (Å²) in [4.78, 5) is 0. The molecule has 0 spiro atoms. The molecule has 0 heterocycles. The lowest BCUT2D eigenvalue weighted by molar-refractivity contribution is 0.332. The Morgan fingerprint density at radius 3 is 2.11 bits per heavy atom. The molecule has 0 bridgehead atoms. The topological polar surface area (TPSA) is 9.23 Å². The van der Waals surface area contributed by atoms with Gasteiger partial charge in [0.25, 0.3) is 0 Å². The summed E-state index contributed by atoms with van der Waals surface area (Å²) in [5.74, 6) is -1.42. The second kappa shape index (κ2) is 11.4. The van der Waals surface area contributed by atoms with Gasteiger partial charge in [0, 0.05) is 11.1 Å². The van der Waals surface area contributed by atoms with Gasteiger partial charge in [-0.3, -0.25) is 0 Å². The molecule has 0 amide bonds. The molecule has 4 heteroatoms. The van der Waals surface area contributed by atoms with Crippen LogP contribution >= 0.6 is 0 Å². The number of rotatable bonds is 8. The van der Waals surface area contributed by atoms with Crippen LogP contribution in [0.25, 0.3) is 22.3 Å². The average Bonchev–Trinajstić information content (AvgIpc) is 2.89. The summed E-state index contributed by atoms with van der Waals surface area (Å²) in [6.07, 6.45) is 10.8. The molecule has 0 unspecified atom stereocenters. The maximum atomic E-state index is 15.0. The van der Waals surface area contributed by atoms with Gasteiger partial charge in [-0.15, -0.1) is 6.58 Å². The number of allylic oxidation sites excluding steroid dienone is 2. The first-order valence-corrected chi connectivity index (χ1v) is 12.3. The van der Waals surface area contributed by atoms with Crippen molar-refractivity contribution in [3.05, 3.63) is 102 Å². The van der Waals surface area contributed by atoms with Crippen LogP contribution in [0.1, 0.15) is 50.5 Å². The van der Waals surface area contributed by atoms with Crippen molar-refractivity contribution in [1.29, 1.82) is 0 Å². The second-order valence-corrected chi connectivity index (χ2v) is 9.09. The van der Waals surface area contributed by atoms with Crippen LogP contribution in [0.3, 0.4) is 0 Å². The van der Waals surface area contributed by atoms with Crippen LogP contribution < -0.4 is 4.74 Å². The molecule has 0 N–H and O–H groups in total. The first-order valence-electron chi connectivity index (χ1n) is 12.3. The van der Waals surface area contributed by atoms with E-state index < -0.39 is 11.6 Å². The summed E-state index contributed by atoms with van der Waals surface area (Å²) in [6.45, 7) is 6.05. The third-order valence-corrected chi connectivity index (χ3v) is 6.86. The van der Waals surface area contributed by atoms with Crippen LogP contribution in [-0.2, 0) is 0 Å². The Morgan fingerprint density at radius 2 is 1.49 bits per heavy atom. The van der Waals surface area contributed by atoms with E-state index in [2.05, 4.69) is 6.58 Å². The lowest BCUT2D eigenvalue weighted by Gasteiger charge is -2.27. The van der Waals surface area contributed by atoms with Gasteiger partial charge in [0.15, 0.2) is 11.6 Å². The van der Waals surface area contributed by atoms with Crippen molar-refractivity contribution in [2.24, 2.45) is 5.92 Å². The van der Waals surface area contributed by atoms with Gasteiger partial charge >= 0.3 is 0 Å². The van der Waals surface area contributed by atoms with Gasteiger partial charge in [-0.2, -0.15) is 4.39 Å². The molecular weight excluding hydrogens is 445 g/mol. The summed E-state index contributed by atoms with van der Waals surface area (Å²) in [5, 5.41) is 0. The van der Waals surface area contributed by atoms with E-state index in [1.54, 1.807) is 36.4 Å². The van der Waals surface area contributed by atoms with E-state index in [4.69, 9.17) is 4.74 Å². The lowest BCUT2D eigenvalue weighted by atomic mass is 9.78. The molecular formula is C31H31F3O. The van der Waals surface area contributed by atoms with E-state index >= 15 is 4.39 Å². The van der Waals surface area contributed by atoms with Gasteiger partial charge in [-0.25, -0.2) is 8.78 Å². The van der Waals surface area contributed by atoms with Crippen LogP contribution in [0.2, 0.25) is 0 Å². The molecule has 1 saturated carbocycles. The number of halogens is 3. The fourth-order valence-electron chi connectivity index (χ4n) is 4.78. The minimum atomic E-state index is -1.01. The van der Waals surface area contributed by atoms with E-state index in [0.717, 1.165) is 37.7 Å². The zero-order chi connectivity index (χ0) is 24.8. The Hall–Kier alpha value is -3.27. The first-order chi connectivity index (χ1) is 17.0. The lowest BCUT2D eigenvalue weighted by Crippen LogP contribution is -2.11. The smallest absolute Gasteiger partial charge is 0.201 e. The molecule has 1 aliphatic carbocycles. The molecule has 1 fully saturated rings. The third kappa shape index (κ3) is 5.70. The van der Waals surface area contributed by atoms with Gasteiger partial charge in [0.2, 0.25) is 5.82 Å². The minimum absolute atomic E-state index is 0.122. The zero-order valence-corrected chi connectivity index (χ0v) is 20.1. The van der Waals surface area contributed by atoms with E-state index in [1.807, 2.05) is 31.2 Å². The largest absolute Gasteiger partial charge is 0.486 e. The number of ether oxygens (including phenoxy) is 1. The molecule has 4 rings (SSSR count). The van der Waals surface area contributed by atoms with Crippen molar-refractivity contribution >= 4 is 0 Å². The fraction of sp³-hybridized carbons (Fsp3) is 0.290. The maximum Gasteiger partial charge on any atom is 0.201 e. The normalized spacial score (nSPS) is 18.1. The summed E-state index contributed by atoms with van der Waals surface area (Å²) in [6, 6.07) is 15.2. The third-order valence-electron chi connectivity index (χ3n) is 6.86. The quantitative estimate of drug-likeness (QED) is 0.294. The van der Waals surface area contributed by atoms with Crippen LogP contribution in [0, 0.1) is 23.4 Å². The summed E-state index contributed by atoms with van der Waals surface area (Å²) >= 11 is 0. The van der Waals surface area contributed by atoms with E-state index in [9.17, 15) is 8.78 Å². The Balaban J connectivity index is 1.49. The van der Waals surface area contributed by atoms with Crippen molar-refractivity contribution in [3.8, 4) is 28.0 Å². The van der Waals surface area contributed by atoms with Gasteiger partial charge in [-0.1, -0.05) is 61.5 Å². The highest BCUT2D eigenvalue weighted by Crippen LogP contribution is 2.38. The van der Waals surface area contributed by atoms with Gasteiger partial charge in [-0.05, 0) is 78.8 Å². The van der Waals surface area contributed by atoms with Crippen molar-refractivity contribution in [3.63, 3.8) is 0 Å². The van der Waals surface area contributed by atoms with Gasteiger partial charge < -0.3 is 4.74 Å². The molecule has 0 radical (unpaired) electrons. The first kappa shape index (κ1) is 24.8. The van der Waals surface area contributed by atoms with Gasteiger partial charge in [0.05, 0.1) is 0 Å². The fourth-order valence-corrected chi connectivity index (χ4v) is 4.78. The highest BCUT2D eigenvalue weighted by Gasteiger charge is 2.22. The van der Waals surface area contributed by atoms with Crippen LogP contribution in [0.5, 0.6) is 5.75 Å². The number of hydrogen-bond donors (Lipinski definition) is 0. The summed E-state index contributed by atoms with van der Waals surface area (Å²) in [7, 11) is 0. The Morgan fingerprint density at radius 1 is 0.829 bits per heavy atom. The molecule has 3 aromatic rings. The SMILES string of the molecule is C=CC1CCC(c2ccc(-c3ccc(-c4ccc(OC/C=C/CC)c(F)c4F)cc3)c(F)c2)CC1. The van der Waals surface area contributed by atoms with E-state index in [-0.39, 0.29) is 23.7 Å². The Kier molecular flexibility index (Phi) is 8.12. The van der Waals surface area contributed by atoms with Crippen molar-refractivity contribution < 1.29 is 17.9 Å². The molecule has 0 aromatic heterocycles. The average molecular weight is 477 g/mol. The second-order valence-electron chi connectivity index (χ2n) is 9.09. The minimum Gasteiger partial charge on any atom is -0.486 e. The summed E-state index contributed by atoms with van der Waals surface area (Å²) in [5.41, 5.74) is 2.87. The highest BCUT2D eigenvalue weighted by molar-refractivity contribution is 5.71. The predicted molar refractivity (Wildman–Crippen MR) is 137 cm³/mol.